The van der Waals surface area contributed by atoms with Crippen molar-refractivity contribution >= 4 is 17.5 Å². The molecule has 0 saturated carbocycles. The van der Waals surface area contributed by atoms with Gasteiger partial charge in [-0.1, -0.05) is 35.0 Å². The lowest BCUT2D eigenvalue weighted by molar-refractivity contribution is 0.0773. The van der Waals surface area contributed by atoms with Crippen molar-refractivity contribution in [2.75, 3.05) is 7.05 Å². The van der Waals surface area contributed by atoms with Crippen molar-refractivity contribution in [2.24, 2.45) is 0 Å². The smallest absolute Gasteiger partial charge is 0.259 e. The first kappa shape index (κ1) is 18.1. The maximum absolute atomic E-state index is 13.1. The summed E-state index contributed by atoms with van der Waals surface area (Å²) in [6.45, 7) is 1.90. The standard InChI is InChI=1S/C19H18ClN3O3/c1-12(24)18-16(17(22-26-18)14-5-7-15(20)8-6-14)19(25)23(2)11-13-4-3-9-21-10-13/h3-10,12,24H,11H2,1-2H3. The van der Waals surface area contributed by atoms with Gasteiger partial charge in [-0.2, -0.15) is 0 Å². The molecule has 0 aliphatic heterocycles. The van der Waals surface area contributed by atoms with Crippen molar-refractivity contribution in [1.29, 1.82) is 0 Å². The summed E-state index contributed by atoms with van der Waals surface area (Å²) in [4.78, 5) is 18.7. The first-order valence-electron chi connectivity index (χ1n) is 8.05. The van der Waals surface area contributed by atoms with Gasteiger partial charge in [0.15, 0.2) is 5.76 Å². The quantitative estimate of drug-likeness (QED) is 0.739. The Labute approximate surface area is 156 Å². The summed E-state index contributed by atoms with van der Waals surface area (Å²) in [6, 6.07) is 10.6. The Morgan fingerprint density at radius 2 is 2.04 bits per heavy atom. The van der Waals surface area contributed by atoms with Crippen LogP contribution >= 0.6 is 11.6 Å². The molecule has 2 aromatic heterocycles. The third kappa shape index (κ3) is 3.76. The number of amides is 1. The number of nitrogens with zero attached hydrogens (tertiary/aromatic N) is 3. The van der Waals surface area contributed by atoms with E-state index < -0.39 is 6.10 Å². The van der Waals surface area contributed by atoms with E-state index in [0.717, 1.165) is 5.56 Å². The first-order chi connectivity index (χ1) is 12.5. The molecule has 0 radical (unpaired) electrons. The average Bonchev–Trinajstić information content (AvgIpc) is 3.07. The minimum atomic E-state index is -0.964. The highest BCUT2D eigenvalue weighted by Gasteiger charge is 2.28. The van der Waals surface area contributed by atoms with Gasteiger partial charge in [-0.05, 0) is 30.7 Å². The van der Waals surface area contributed by atoms with E-state index in [4.69, 9.17) is 16.1 Å². The lowest BCUT2D eigenvalue weighted by atomic mass is 10.0. The van der Waals surface area contributed by atoms with Crippen molar-refractivity contribution in [3.8, 4) is 11.3 Å². The van der Waals surface area contributed by atoms with E-state index in [1.54, 1.807) is 43.7 Å². The van der Waals surface area contributed by atoms with Gasteiger partial charge in [0.25, 0.3) is 5.91 Å². The largest absolute Gasteiger partial charge is 0.385 e. The van der Waals surface area contributed by atoms with E-state index in [-0.39, 0.29) is 17.2 Å². The van der Waals surface area contributed by atoms with Crippen LogP contribution in [0, 0.1) is 0 Å². The number of benzene rings is 1. The summed E-state index contributed by atoms with van der Waals surface area (Å²) in [6.07, 6.45) is 2.41. The van der Waals surface area contributed by atoms with Crippen LogP contribution in [0.25, 0.3) is 11.3 Å². The molecule has 7 heteroatoms. The highest BCUT2D eigenvalue weighted by Crippen LogP contribution is 2.31. The molecule has 1 N–H and O–H groups in total. The van der Waals surface area contributed by atoms with Gasteiger partial charge in [-0.25, -0.2) is 0 Å². The maximum atomic E-state index is 13.1. The highest BCUT2D eigenvalue weighted by molar-refractivity contribution is 6.30. The normalized spacial score (nSPS) is 12.0. The van der Waals surface area contributed by atoms with Crippen LogP contribution in [0.4, 0.5) is 0 Å². The van der Waals surface area contributed by atoms with Gasteiger partial charge in [0.05, 0.1) is 0 Å². The lowest BCUT2D eigenvalue weighted by Crippen LogP contribution is -2.27. The molecule has 0 bridgehead atoms. The number of hydrogen-bond donors (Lipinski definition) is 1. The van der Waals surface area contributed by atoms with Crippen LogP contribution in [-0.4, -0.2) is 33.1 Å². The van der Waals surface area contributed by atoms with Crippen LogP contribution in [0.15, 0.2) is 53.3 Å². The molecule has 1 unspecified atom stereocenters. The molecular weight excluding hydrogens is 354 g/mol. The molecule has 134 valence electrons. The van der Waals surface area contributed by atoms with Crippen LogP contribution in [-0.2, 0) is 6.54 Å². The van der Waals surface area contributed by atoms with Crippen LogP contribution < -0.4 is 0 Å². The van der Waals surface area contributed by atoms with Gasteiger partial charge in [0, 0.05) is 36.6 Å². The molecule has 2 heterocycles. The zero-order valence-corrected chi connectivity index (χ0v) is 15.1. The number of rotatable bonds is 5. The van der Waals surface area contributed by atoms with Gasteiger partial charge in [-0.15, -0.1) is 0 Å². The number of aliphatic hydroxyl groups excluding tert-OH is 1. The Bertz CT molecular complexity index is 892. The molecular formula is C19H18ClN3O3. The Kier molecular flexibility index (Phi) is 5.35. The number of carbonyl (C=O) groups is 1. The molecule has 0 aliphatic rings. The van der Waals surface area contributed by atoms with Gasteiger partial charge >= 0.3 is 0 Å². The van der Waals surface area contributed by atoms with Crippen LogP contribution in [0.5, 0.6) is 0 Å². The number of carbonyl (C=O) groups excluding carboxylic acids is 1. The molecule has 6 nitrogen and oxygen atoms in total. The second kappa shape index (κ2) is 7.68. The van der Waals surface area contributed by atoms with Crippen LogP contribution in [0.1, 0.15) is 34.7 Å². The zero-order chi connectivity index (χ0) is 18.7. The molecule has 1 amide bonds. The highest BCUT2D eigenvalue weighted by atomic mass is 35.5. The van der Waals surface area contributed by atoms with Crippen LogP contribution in [0.2, 0.25) is 5.02 Å². The molecule has 0 spiro atoms. The molecule has 0 fully saturated rings. The van der Waals surface area contributed by atoms with Crippen molar-refractivity contribution in [3.05, 3.63) is 70.7 Å². The van der Waals surface area contributed by atoms with E-state index >= 15 is 0 Å². The maximum Gasteiger partial charge on any atom is 0.259 e. The molecule has 1 aromatic carbocycles. The summed E-state index contributed by atoms with van der Waals surface area (Å²) in [5, 5.41) is 14.6. The van der Waals surface area contributed by atoms with E-state index in [1.807, 2.05) is 12.1 Å². The van der Waals surface area contributed by atoms with Gasteiger partial charge in [0.2, 0.25) is 0 Å². The second-order valence-corrected chi connectivity index (χ2v) is 6.41. The fourth-order valence-electron chi connectivity index (χ4n) is 2.63. The molecule has 3 aromatic rings. The van der Waals surface area contributed by atoms with Crippen molar-refractivity contribution in [2.45, 2.75) is 19.6 Å². The van der Waals surface area contributed by atoms with Crippen molar-refractivity contribution in [3.63, 3.8) is 0 Å². The van der Waals surface area contributed by atoms with Crippen LogP contribution in [0.3, 0.4) is 0 Å². The fourth-order valence-corrected chi connectivity index (χ4v) is 2.75. The second-order valence-electron chi connectivity index (χ2n) is 5.98. The SMILES string of the molecule is CC(O)c1onc(-c2ccc(Cl)cc2)c1C(=O)N(C)Cc1cccnc1. The summed E-state index contributed by atoms with van der Waals surface area (Å²) >= 11 is 5.93. The number of hydrogen-bond acceptors (Lipinski definition) is 5. The average molecular weight is 372 g/mol. The minimum Gasteiger partial charge on any atom is -0.385 e. The first-order valence-corrected chi connectivity index (χ1v) is 8.43. The third-order valence-corrected chi connectivity index (χ3v) is 4.17. The molecule has 0 saturated heterocycles. The molecule has 0 aliphatic carbocycles. The summed E-state index contributed by atoms with van der Waals surface area (Å²) in [5.74, 6) is -0.158. The monoisotopic (exact) mass is 371 g/mol. The summed E-state index contributed by atoms with van der Waals surface area (Å²) in [5.41, 5.74) is 2.20. The topological polar surface area (TPSA) is 79.5 Å². The minimum absolute atomic E-state index is 0.137. The third-order valence-electron chi connectivity index (χ3n) is 3.92. The van der Waals surface area contributed by atoms with Gasteiger partial charge < -0.3 is 14.5 Å². The lowest BCUT2D eigenvalue weighted by Gasteiger charge is -2.18. The summed E-state index contributed by atoms with van der Waals surface area (Å²) < 4.78 is 5.27. The number of halogens is 1. The fraction of sp³-hybridized carbons (Fsp3) is 0.211. The summed E-state index contributed by atoms with van der Waals surface area (Å²) in [7, 11) is 1.68. The Morgan fingerprint density at radius 3 is 2.65 bits per heavy atom. The van der Waals surface area contributed by atoms with E-state index in [1.165, 1.54) is 11.8 Å². The van der Waals surface area contributed by atoms with Crippen molar-refractivity contribution < 1.29 is 14.4 Å². The zero-order valence-electron chi connectivity index (χ0n) is 14.4. The predicted molar refractivity (Wildman–Crippen MR) is 97.6 cm³/mol. The van der Waals surface area contributed by atoms with E-state index in [2.05, 4.69) is 10.1 Å². The van der Waals surface area contributed by atoms with Crippen molar-refractivity contribution in [1.82, 2.24) is 15.0 Å². The van der Waals surface area contributed by atoms with E-state index in [9.17, 15) is 9.90 Å². The molecule has 3 rings (SSSR count). The predicted octanol–water partition coefficient (Wildman–Crippen LogP) is 3.72. The van der Waals surface area contributed by atoms with Gasteiger partial charge in [0.1, 0.15) is 17.4 Å². The number of pyridine rings is 1. The number of aliphatic hydroxyl groups is 1. The molecule has 26 heavy (non-hydrogen) atoms. The van der Waals surface area contributed by atoms with Gasteiger partial charge in [-0.3, -0.25) is 9.78 Å². The Hall–Kier alpha value is -2.70. The Balaban J connectivity index is 1.97. The molecule has 1 atom stereocenters. The van der Waals surface area contributed by atoms with E-state index in [0.29, 0.717) is 22.8 Å². The Morgan fingerprint density at radius 1 is 1.31 bits per heavy atom. The number of aromatic nitrogens is 2.